The summed E-state index contributed by atoms with van der Waals surface area (Å²) in [5.41, 5.74) is 13.1. The van der Waals surface area contributed by atoms with Crippen molar-refractivity contribution in [2.45, 2.75) is 44.0 Å². The smallest absolute Gasteiger partial charge is 0.245 e. The zero-order chi connectivity index (χ0) is 22.1. The quantitative estimate of drug-likeness (QED) is 0.361. The van der Waals surface area contributed by atoms with Gasteiger partial charge in [0.25, 0.3) is 0 Å². The van der Waals surface area contributed by atoms with Crippen LogP contribution in [-0.4, -0.2) is 47.1 Å². The molecular formula is C22H28N4O4. The van der Waals surface area contributed by atoms with Crippen LogP contribution >= 0.6 is 0 Å². The molecule has 3 amide bonds. The second-order valence-electron chi connectivity index (χ2n) is 7.18. The number of hydrogen-bond acceptors (Lipinski definition) is 5. The summed E-state index contributed by atoms with van der Waals surface area (Å²) in [6, 6.07) is 15.1. The van der Waals surface area contributed by atoms with Crippen molar-refractivity contribution in [3.05, 3.63) is 71.8 Å². The van der Waals surface area contributed by atoms with Crippen molar-refractivity contribution in [1.29, 1.82) is 0 Å². The predicted octanol–water partition coefficient (Wildman–Crippen LogP) is -0.365. The Morgan fingerprint density at radius 2 is 1.37 bits per heavy atom. The van der Waals surface area contributed by atoms with Crippen LogP contribution in [0.15, 0.2) is 60.7 Å². The molecule has 0 spiro atoms. The lowest BCUT2D eigenvalue weighted by Crippen LogP contribution is -2.59. The van der Waals surface area contributed by atoms with Crippen LogP contribution in [0.1, 0.15) is 18.1 Å². The monoisotopic (exact) mass is 412 g/mol. The summed E-state index contributed by atoms with van der Waals surface area (Å²) in [6.07, 6.45) is -0.739. The van der Waals surface area contributed by atoms with Gasteiger partial charge in [-0.15, -0.1) is 0 Å². The van der Waals surface area contributed by atoms with E-state index in [1.165, 1.54) is 6.92 Å². The summed E-state index contributed by atoms with van der Waals surface area (Å²) in [4.78, 5) is 36.9. The number of carbonyl (C=O) groups excluding carboxylic acids is 3. The van der Waals surface area contributed by atoms with Crippen molar-refractivity contribution >= 4 is 17.7 Å². The lowest BCUT2D eigenvalue weighted by molar-refractivity contribution is -0.134. The van der Waals surface area contributed by atoms with Gasteiger partial charge < -0.3 is 27.2 Å². The van der Waals surface area contributed by atoms with E-state index in [2.05, 4.69) is 10.6 Å². The third kappa shape index (κ3) is 6.98. The first kappa shape index (κ1) is 23.1. The molecule has 0 saturated heterocycles. The van der Waals surface area contributed by atoms with Crippen LogP contribution in [0.25, 0.3) is 0 Å². The van der Waals surface area contributed by atoms with Crippen molar-refractivity contribution < 1.29 is 19.5 Å². The van der Waals surface area contributed by atoms with E-state index in [0.29, 0.717) is 0 Å². The molecule has 0 saturated carbocycles. The molecule has 0 aromatic heterocycles. The number of hydrogen-bond donors (Lipinski definition) is 5. The summed E-state index contributed by atoms with van der Waals surface area (Å²) < 4.78 is 0. The fourth-order valence-electron chi connectivity index (χ4n) is 2.96. The summed E-state index contributed by atoms with van der Waals surface area (Å²) in [5.74, 6) is -2.02. The van der Waals surface area contributed by atoms with Crippen LogP contribution in [-0.2, 0) is 27.2 Å². The molecule has 8 heteroatoms. The van der Waals surface area contributed by atoms with Gasteiger partial charge in [-0.2, -0.15) is 0 Å². The summed E-state index contributed by atoms with van der Waals surface area (Å²) in [5, 5.41) is 15.0. The Bertz CT molecular complexity index is 843. The van der Waals surface area contributed by atoms with Gasteiger partial charge in [0.15, 0.2) is 0 Å². The van der Waals surface area contributed by atoms with E-state index in [9.17, 15) is 19.5 Å². The van der Waals surface area contributed by atoms with Gasteiger partial charge in [-0.1, -0.05) is 60.7 Å². The Morgan fingerprint density at radius 3 is 1.83 bits per heavy atom. The average Bonchev–Trinajstić information content (AvgIpc) is 2.72. The first-order valence-corrected chi connectivity index (χ1v) is 9.69. The van der Waals surface area contributed by atoms with E-state index >= 15 is 0 Å². The Hall–Kier alpha value is -3.23. The first-order valence-electron chi connectivity index (χ1n) is 9.69. The van der Waals surface area contributed by atoms with Crippen LogP contribution in [0.2, 0.25) is 0 Å². The highest BCUT2D eigenvalue weighted by Gasteiger charge is 2.30. The van der Waals surface area contributed by atoms with Crippen LogP contribution in [0.4, 0.5) is 0 Å². The van der Waals surface area contributed by atoms with Gasteiger partial charge in [0.05, 0.1) is 12.1 Å². The van der Waals surface area contributed by atoms with Crippen molar-refractivity contribution in [1.82, 2.24) is 10.6 Å². The van der Waals surface area contributed by atoms with Crippen molar-refractivity contribution in [3.8, 4) is 0 Å². The number of primary amides is 1. The molecule has 0 radical (unpaired) electrons. The molecule has 0 bridgehead atoms. The third-order valence-corrected chi connectivity index (χ3v) is 4.64. The van der Waals surface area contributed by atoms with Gasteiger partial charge in [0.1, 0.15) is 12.1 Å². The Balaban J connectivity index is 2.01. The minimum absolute atomic E-state index is 0.190. The number of amides is 3. The summed E-state index contributed by atoms with van der Waals surface area (Å²) >= 11 is 0. The average molecular weight is 412 g/mol. The lowest BCUT2D eigenvalue weighted by atomic mass is 10.0. The minimum atomic E-state index is -1.28. The molecule has 2 aromatic rings. The van der Waals surface area contributed by atoms with Gasteiger partial charge in [-0.25, -0.2) is 0 Å². The van der Waals surface area contributed by atoms with E-state index in [4.69, 9.17) is 11.5 Å². The fraction of sp³-hybridized carbons (Fsp3) is 0.318. The highest BCUT2D eigenvalue weighted by Crippen LogP contribution is 2.06. The molecule has 0 aliphatic heterocycles. The van der Waals surface area contributed by atoms with Gasteiger partial charge in [0.2, 0.25) is 17.7 Å². The molecule has 0 aliphatic carbocycles. The summed E-state index contributed by atoms with van der Waals surface area (Å²) in [7, 11) is 0. The number of carbonyl (C=O) groups is 3. The molecule has 2 rings (SSSR count). The van der Waals surface area contributed by atoms with Gasteiger partial charge >= 0.3 is 0 Å². The summed E-state index contributed by atoms with van der Waals surface area (Å²) in [6.45, 7) is 1.36. The highest BCUT2D eigenvalue weighted by molar-refractivity contribution is 5.93. The molecule has 30 heavy (non-hydrogen) atoms. The van der Waals surface area contributed by atoms with E-state index in [-0.39, 0.29) is 12.8 Å². The first-order chi connectivity index (χ1) is 14.3. The number of nitrogens with two attached hydrogens (primary N) is 2. The number of aliphatic hydroxyl groups is 1. The SMILES string of the molecule is C[C@@H](O)[C@H](NC(=O)[C@@H](N)Cc1ccccc1)C(=O)N[C@@H](Cc1ccccc1)C(N)=O. The maximum Gasteiger partial charge on any atom is 0.245 e. The van der Waals surface area contributed by atoms with Crippen molar-refractivity contribution in [2.24, 2.45) is 11.5 Å². The van der Waals surface area contributed by atoms with Gasteiger partial charge in [0, 0.05) is 6.42 Å². The second-order valence-corrected chi connectivity index (χ2v) is 7.18. The maximum atomic E-state index is 12.7. The van der Waals surface area contributed by atoms with Crippen LogP contribution < -0.4 is 22.1 Å². The number of benzene rings is 2. The lowest BCUT2D eigenvalue weighted by Gasteiger charge is -2.25. The molecule has 8 nitrogen and oxygen atoms in total. The number of aliphatic hydroxyl groups excluding tert-OH is 1. The maximum absolute atomic E-state index is 12.7. The highest BCUT2D eigenvalue weighted by atomic mass is 16.3. The number of nitrogens with one attached hydrogen (secondary N) is 2. The molecule has 160 valence electrons. The molecule has 7 N–H and O–H groups in total. The molecule has 0 aliphatic rings. The van der Waals surface area contributed by atoms with E-state index in [0.717, 1.165) is 11.1 Å². The van der Waals surface area contributed by atoms with Crippen molar-refractivity contribution in [2.75, 3.05) is 0 Å². The Kier molecular flexibility index (Phi) is 8.52. The fourth-order valence-corrected chi connectivity index (χ4v) is 2.96. The molecular weight excluding hydrogens is 384 g/mol. The van der Waals surface area contributed by atoms with E-state index in [1.807, 2.05) is 48.5 Å². The predicted molar refractivity (Wildman–Crippen MR) is 113 cm³/mol. The van der Waals surface area contributed by atoms with Gasteiger partial charge in [-0.3, -0.25) is 14.4 Å². The van der Waals surface area contributed by atoms with Gasteiger partial charge in [-0.05, 0) is 24.5 Å². The molecule has 0 unspecified atom stereocenters. The van der Waals surface area contributed by atoms with E-state index < -0.39 is 42.0 Å². The second kappa shape index (κ2) is 11.1. The zero-order valence-electron chi connectivity index (χ0n) is 16.8. The minimum Gasteiger partial charge on any atom is -0.391 e. The topological polar surface area (TPSA) is 148 Å². The largest absolute Gasteiger partial charge is 0.391 e. The molecule has 4 atom stereocenters. The zero-order valence-corrected chi connectivity index (χ0v) is 16.8. The van der Waals surface area contributed by atoms with E-state index in [1.54, 1.807) is 12.1 Å². The van der Waals surface area contributed by atoms with Crippen molar-refractivity contribution in [3.63, 3.8) is 0 Å². The molecule has 2 aromatic carbocycles. The molecule has 0 fully saturated rings. The standard InChI is InChI=1S/C22H28N4O4/c1-14(27)19(26-21(29)17(23)12-15-8-4-2-5-9-15)22(30)25-18(20(24)28)13-16-10-6-3-7-11-16/h2-11,14,17-19,27H,12-13,23H2,1H3,(H2,24,28)(H,25,30)(H,26,29)/t14-,17+,18+,19+/m1/s1. The normalized spacial score (nSPS) is 14.8. The Morgan fingerprint density at radius 1 is 0.867 bits per heavy atom. The Labute approximate surface area is 175 Å². The van der Waals surface area contributed by atoms with Crippen LogP contribution in [0, 0.1) is 0 Å². The number of rotatable bonds is 10. The molecule has 0 heterocycles. The third-order valence-electron chi connectivity index (χ3n) is 4.64. The van der Waals surface area contributed by atoms with Crippen LogP contribution in [0.5, 0.6) is 0 Å². The van der Waals surface area contributed by atoms with Crippen LogP contribution in [0.3, 0.4) is 0 Å².